The molecule has 196 valence electrons. The van der Waals surface area contributed by atoms with E-state index in [0.717, 1.165) is 21.0 Å². The van der Waals surface area contributed by atoms with Gasteiger partial charge in [0, 0.05) is 31.6 Å². The van der Waals surface area contributed by atoms with Gasteiger partial charge in [-0.3, -0.25) is 9.59 Å². The summed E-state index contributed by atoms with van der Waals surface area (Å²) in [4.78, 5) is 28.5. The third kappa shape index (κ3) is 7.64. The molecule has 37 heavy (non-hydrogen) atoms. The van der Waals surface area contributed by atoms with Gasteiger partial charge in [0.2, 0.25) is 21.8 Å². The number of likely N-dealkylation sites (N-methyl/N-ethyl adjacent to an activating group) is 2. The third-order valence-corrected chi connectivity index (χ3v) is 8.01. The first kappa shape index (κ1) is 28.4. The molecule has 1 N–H and O–H groups in total. The van der Waals surface area contributed by atoms with Gasteiger partial charge in [0.1, 0.15) is 6.04 Å². The number of amides is 2. The molecule has 0 radical (unpaired) electrons. The van der Waals surface area contributed by atoms with Crippen molar-refractivity contribution in [1.29, 1.82) is 0 Å². The van der Waals surface area contributed by atoms with Gasteiger partial charge in [-0.1, -0.05) is 71.8 Å². The summed E-state index contributed by atoms with van der Waals surface area (Å²) in [5, 5.41) is 3.25. The summed E-state index contributed by atoms with van der Waals surface area (Å²) in [7, 11) is -2.60. The lowest BCUT2D eigenvalue weighted by molar-refractivity contribution is -0.141. The number of aryl methyl sites for hydroxylation is 1. The van der Waals surface area contributed by atoms with E-state index in [1.54, 1.807) is 0 Å². The number of hydrogen-bond donors (Lipinski definition) is 1. The van der Waals surface area contributed by atoms with Gasteiger partial charge in [0.05, 0.1) is 11.4 Å². The van der Waals surface area contributed by atoms with Crippen molar-refractivity contribution in [3.05, 3.63) is 101 Å². The molecule has 0 aliphatic heterocycles. The average molecular weight is 542 g/mol. The smallest absolute Gasteiger partial charge is 0.243 e. The van der Waals surface area contributed by atoms with Crippen LogP contribution in [-0.2, 0) is 32.6 Å². The maximum Gasteiger partial charge on any atom is 0.243 e. The van der Waals surface area contributed by atoms with Gasteiger partial charge in [-0.15, -0.1) is 0 Å². The van der Waals surface area contributed by atoms with Gasteiger partial charge in [-0.05, 0) is 49.2 Å². The normalized spacial score (nSPS) is 12.2. The standard InChI is InChI=1S/C28H32ClN3O4S/c1-4-30-28(34)26(18-22-10-6-5-7-11-22)32(19-23-12-8-9-21(2)17-23)27(33)20-31(3)37(35,36)25-15-13-24(29)14-16-25/h5-17,26H,4,18-20H2,1-3H3,(H,30,34). The summed E-state index contributed by atoms with van der Waals surface area (Å²) in [6.07, 6.45) is 0.290. The molecule has 9 heteroatoms. The Labute approximate surface area is 224 Å². The van der Waals surface area contributed by atoms with Gasteiger partial charge in [0.15, 0.2) is 0 Å². The largest absolute Gasteiger partial charge is 0.355 e. The molecule has 1 atom stereocenters. The van der Waals surface area contributed by atoms with Gasteiger partial charge in [-0.25, -0.2) is 8.42 Å². The van der Waals surface area contributed by atoms with Crippen LogP contribution in [0.1, 0.15) is 23.6 Å². The molecular formula is C28H32ClN3O4S. The Kier molecular flexibility index (Phi) is 9.86. The van der Waals surface area contributed by atoms with Crippen molar-refractivity contribution in [3.63, 3.8) is 0 Å². The van der Waals surface area contributed by atoms with Crippen molar-refractivity contribution in [3.8, 4) is 0 Å². The zero-order chi connectivity index (χ0) is 27.0. The van der Waals surface area contributed by atoms with Crippen LogP contribution < -0.4 is 5.32 Å². The topological polar surface area (TPSA) is 86.8 Å². The molecule has 0 aromatic heterocycles. The minimum Gasteiger partial charge on any atom is -0.355 e. The summed E-state index contributed by atoms with van der Waals surface area (Å²) in [5.41, 5.74) is 2.76. The molecule has 0 spiro atoms. The van der Waals surface area contributed by atoms with Crippen molar-refractivity contribution < 1.29 is 18.0 Å². The summed E-state index contributed by atoms with van der Waals surface area (Å²) in [5.74, 6) is -0.774. The fraction of sp³-hybridized carbons (Fsp3) is 0.286. The number of carbonyl (C=O) groups is 2. The van der Waals surface area contributed by atoms with Crippen LogP contribution in [0, 0.1) is 6.92 Å². The molecule has 0 aliphatic rings. The Balaban J connectivity index is 1.95. The quantitative estimate of drug-likeness (QED) is 0.397. The average Bonchev–Trinajstić information content (AvgIpc) is 2.87. The summed E-state index contributed by atoms with van der Waals surface area (Å²) in [6, 6.07) is 22.1. The Morgan fingerprint density at radius 3 is 2.22 bits per heavy atom. The number of halogens is 1. The highest BCUT2D eigenvalue weighted by molar-refractivity contribution is 7.89. The van der Waals surface area contributed by atoms with Crippen LogP contribution in [0.3, 0.4) is 0 Å². The van der Waals surface area contributed by atoms with Gasteiger partial charge in [-0.2, -0.15) is 4.31 Å². The molecule has 1 unspecified atom stereocenters. The van der Waals surface area contributed by atoms with E-state index in [-0.39, 0.29) is 23.8 Å². The molecule has 0 aliphatic carbocycles. The third-order valence-electron chi connectivity index (χ3n) is 5.94. The van der Waals surface area contributed by atoms with Crippen molar-refractivity contribution >= 4 is 33.4 Å². The number of benzene rings is 3. The lowest BCUT2D eigenvalue weighted by atomic mass is 10.0. The number of carbonyl (C=O) groups excluding carboxylic acids is 2. The summed E-state index contributed by atoms with van der Waals surface area (Å²) in [6.45, 7) is 3.90. The van der Waals surface area contributed by atoms with Crippen LogP contribution in [0.15, 0.2) is 83.8 Å². The van der Waals surface area contributed by atoms with E-state index < -0.39 is 28.5 Å². The van der Waals surface area contributed by atoms with Crippen LogP contribution in [0.4, 0.5) is 0 Å². The molecule has 0 bridgehead atoms. The van der Waals surface area contributed by atoms with E-state index in [0.29, 0.717) is 11.6 Å². The first-order valence-corrected chi connectivity index (χ1v) is 13.8. The first-order valence-electron chi connectivity index (χ1n) is 12.0. The minimum atomic E-state index is -3.95. The molecule has 7 nitrogen and oxygen atoms in total. The van der Waals surface area contributed by atoms with E-state index in [9.17, 15) is 18.0 Å². The molecular weight excluding hydrogens is 510 g/mol. The van der Waals surface area contributed by atoms with Crippen LogP contribution in [0.5, 0.6) is 0 Å². The molecule has 3 rings (SSSR count). The van der Waals surface area contributed by atoms with Crippen molar-refractivity contribution in [1.82, 2.24) is 14.5 Å². The van der Waals surface area contributed by atoms with Crippen LogP contribution >= 0.6 is 11.6 Å². The van der Waals surface area contributed by atoms with E-state index >= 15 is 0 Å². The first-order chi connectivity index (χ1) is 17.6. The highest BCUT2D eigenvalue weighted by atomic mass is 35.5. The van der Waals surface area contributed by atoms with E-state index in [2.05, 4.69) is 5.32 Å². The van der Waals surface area contributed by atoms with Crippen LogP contribution in [0.25, 0.3) is 0 Å². The Bertz CT molecular complexity index is 1310. The van der Waals surface area contributed by atoms with Gasteiger partial charge >= 0.3 is 0 Å². The molecule has 0 saturated carbocycles. The zero-order valence-corrected chi connectivity index (χ0v) is 22.8. The second-order valence-corrected chi connectivity index (χ2v) is 11.3. The van der Waals surface area contributed by atoms with Crippen LogP contribution in [0.2, 0.25) is 5.02 Å². The monoisotopic (exact) mass is 541 g/mol. The minimum absolute atomic E-state index is 0.0296. The molecule has 0 fully saturated rings. The molecule has 3 aromatic carbocycles. The van der Waals surface area contributed by atoms with E-state index in [1.807, 2.05) is 68.4 Å². The predicted molar refractivity (Wildman–Crippen MR) is 146 cm³/mol. The second kappa shape index (κ2) is 12.9. The summed E-state index contributed by atoms with van der Waals surface area (Å²) >= 11 is 5.90. The van der Waals surface area contributed by atoms with Crippen molar-refractivity contribution in [2.24, 2.45) is 0 Å². The molecule has 2 amide bonds. The number of nitrogens with zero attached hydrogens (tertiary/aromatic N) is 2. The number of sulfonamides is 1. The SMILES string of the molecule is CCNC(=O)C(Cc1ccccc1)N(Cc1cccc(C)c1)C(=O)CN(C)S(=O)(=O)c1ccc(Cl)cc1. The fourth-order valence-electron chi connectivity index (χ4n) is 4.01. The van der Waals surface area contributed by atoms with E-state index in [4.69, 9.17) is 11.6 Å². The van der Waals surface area contributed by atoms with E-state index in [1.165, 1.54) is 36.2 Å². The van der Waals surface area contributed by atoms with Gasteiger partial charge in [0.25, 0.3) is 0 Å². The lowest BCUT2D eigenvalue weighted by Gasteiger charge is -2.32. The summed E-state index contributed by atoms with van der Waals surface area (Å²) < 4.78 is 27.3. The Morgan fingerprint density at radius 2 is 1.59 bits per heavy atom. The number of nitrogens with one attached hydrogen (secondary N) is 1. The zero-order valence-electron chi connectivity index (χ0n) is 21.2. The lowest BCUT2D eigenvalue weighted by Crippen LogP contribution is -2.53. The maximum atomic E-state index is 13.7. The molecule has 3 aromatic rings. The second-order valence-electron chi connectivity index (χ2n) is 8.83. The van der Waals surface area contributed by atoms with Crippen molar-refractivity contribution in [2.75, 3.05) is 20.1 Å². The molecule has 0 heterocycles. The Morgan fingerprint density at radius 1 is 0.946 bits per heavy atom. The number of rotatable bonds is 11. The highest BCUT2D eigenvalue weighted by Crippen LogP contribution is 2.20. The maximum absolute atomic E-state index is 13.7. The fourth-order valence-corrected chi connectivity index (χ4v) is 5.25. The molecule has 0 saturated heterocycles. The number of hydrogen-bond acceptors (Lipinski definition) is 4. The predicted octanol–water partition coefficient (Wildman–Crippen LogP) is 4.05. The highest BCUT2D eigenvalue weighted by Gasteiger charge is 2.32. The Hall–Kier alpha value is -3.20. The van der Waals surface area contributed by atoms with Gasteiger partial charge < -0.3 is 10.2 Å². The van der Waals surface area contributed by atoms with Crippen molar-refractivity contribution in [2.45, 2.75) is 37.8 Å². The van der Waals surface area contributed by atoms with Crippen LogP contribution in [-0.4, -0.2) is 55.6 Å².